The Morgan fingerprint density at radius 3 is 2.48 bits per heavy atom. The molecule has 0 saturated carbocycles. The Bertz CT molecular complexity index is 1170. The van der Waals surface area contributed by atoms with Gasteiger partial charge in [0.05, 0.1) is 31.2 Å². The van der Waals surface area contributed by atoms with Crippen molar-refractivity contribution in [1.29, 1.82) is 0 Å². The van der Waals surface area contributed by atoms with Crippen molar-refractivity contribution in [2.24, 2.45) is 0 Å². The number of carbonyl (C=O) groups is 1. The Labute approximate surface area is 185 Å². The van der Waals surface area contributed by atoms with E-state index >= 15 is 0 Å². The Balaban J connectivity index is 1.69. The van der Waals surface area contributed by atoms with Gasteiger partial charge >= 0.3 is 0 Å². The molecule has 158 valence electrons. The number of methoxy groups -OCH3 is 2. The van der Waals surface area contributed by atoms with Crippen LogP contribution >= 0.6 is 11.3 Å². The van der Waals surface area contributed by atoms with Gasteiger partial charge in [-0.3, -0.25) is 9.48 Å². The predicted molar refractivity (Wildman–Crippen MR) is 123 cm³/mol. The summed E-state index contributed by atoms with van der Waals surface area (Å²) in [5, 5.41) is 6.73. The number of amides is 1. The second-order valence-electron chi connectivity index (χ2n) is 6.96. The van der Waals surface area contributed by atoms with Gasteiger partial charge in [0.1, 0.15) is 5.69 Å². The van der Waals surface area contributed by atoms with Crippen LogP contribution in [0.3, 0.4) is 0 Å². The lowest BCUT2D eigenvalue weighted by molar-refractivity contribution is 0.0993. The molecule has 0 N–H and O–H groups in total. The van der Waals surface area contributed by atoms with E-state index in [0.717, 1.165) is 10.4 Å². The standard InChI is InChI=1S/C24H23N3O3S/c1-26(18-11-12-20(29-2)21(14-18)30-3)24(28)19-16-27(15-17-8-5-4-6-9-17)25-23(19)22-10-7-13-31-22/h4-14,16H,15H2,1-3H3. The van der Waals surface area contributed by atoms with Crippen molar-refractivity contribution in [3.63, 3.8) is 0 Å². The number of ether oxygens (including phenoxy) is 2. The van der Waals surface area contributed by atoms with E-state index in [2.05, 4.69) is 0 Å². The second-order valence-corrected chi connectivity index (χ2v) is 7.90. The fourth-order valence-corrected chi connectivity index (χ4v) is 4.08. The van der Waals surface area contributed by atoms with Gasteiger partial charge in [0.25, 0.3) is 5.91 Å². The van der Waals surface area contributed by atoms with Gasteiger partial charge in [0.15, 0.2) is 11.5 Å². The minimum absolute atomic E-state index is 0.144. The minimum atomic E-state index is -0.144. The van der Waals surface area contributed by atoms with E-state index in [-0.39, 0.29) is 5.91 Å². The molecule has 2 heterocycles. The third-order valence-electron chi connectivity index (χ3n) is 4.99. The highest BCUT2D eigenvalue weighted by molar-refractivity contribution is 7.13. The van der Waals surface area contributed by atoms with Crippen molar-refractivity contribution in [3.05, 3.63) is 83.4 Å². The van der Waals surface area contributed by atoms with Crippen molar-refractivity contribution in [2.45, 2.75) is 6.54 Å². The average Bonchev–Trinajstić information content (AvgIpc) is 3.48. The van der Waals surface area contributed by atoms with Gasteiger partial charge in [-0.15, -0.1) is 11.3 Å². The molecule has 0 aliphatic carbocycles. The molecule has 4 rings (SSSR count). The van der Waals surface area contributed by atoms with Crippen LogP contribution in [0.5, 0.6) is 11.5 Å². The average molecular weight is 434 g/mol. The van der Waals surface area contributed by atoms with Crippen LogP contribution in [0, 0.1) is 0 Å². The molecular weight excluding hydrogens is 410 g/mol. The van der Waals surface area contributed by atoms with Crippen molar-refractivity contribution in [2.75, 3.05) is 26.2 Å². The topological polar surface area (TPSA) is 56.6 Å². The molecule has 31 heavy (non-hydrogen) atoms. The zero-order valence-electron chi connectivity index (χ0n) is 17.6. The lowest BCUT2D eigenvalue weighted by Crippen LogP contribution is -2.26. The summed E-state index contributed by atoms with van der Waals surface area (Å²) in [7, 11) is 4.91. The van der Waals surface area contributed by atoms with E-state index in [0.29, 0.717) is 35.0 Å². The highest BCUT2D eigenvalue weighted by Gasteiger charge is 2.23. The SMILES string of the molecule is COc1ccc(N(C)C(=O)c2cn(Cc3ccccc3)nc2-c2cccs2)cc1OC. The van der Waals surface area contributed by atoms with Crippen LogP contribution in [0.1, 0.15) is 15.9 Å². The summed E-state index contributed by atoms with van der Waals surface area (Å²) in [6.07, 6.45) is 1.82. The summed E-state index contributed by atoms with van der Waals surface area (Å²) in [5.41, 5.74) is 3.06. The molecule has 0 unspecified atom stereocenters. The van der Waals surface area contributed by atoms with Crippen LogP contribution in [0.2, 0.25) is 0 Å². The quantitative estimate of drug-likeness (QED) is 0.414. The van der Waals surface area contributed by atoms with Gasteiger partial charge in [-0.05, 0) is 29.1 Å². The molecule has 0 aliphatic rings. The second kappa shape index (κ2) is 9.06. The number of anilines is 1. The molecule has 0 saturated heterocycles. The van der Waals surface area contributed by atoms with E-state index < -0.39 is 0 Å². The highest BCUT2D eigenvalue weighted by Crippen LogP contribution is 2.33. The lowest BCUT2D eigenvalue weighted by Gasteiger charge is -2.19. The molecule has 0 bridgehead atoms. The zero-order valence-corrected chi connectivity index (χ0v) is 18.4. The largest absolute Gasteiger partial charge is 0.493 e. The summed E-state index contributed by atoms with van der Waals surface area (Å²) in [6, 6.07) is 19.4. The van der Waals surface area contributed by atoms with Crippen molar-refractivity contribution in [3.8, 4) is 22.1 Å². The molecule has 1 amide bonds. The predicted octanol–water partition coefficient (Wildman–Crippen LogP) is 4.95. The Morgan fingerprint density at radius 2 is 1.81 bits per heavy atom. The van der Waals surface area contributed by atoms with Crippen molar-refractivity contribution >= 4 is 22.9 Å². The number of rotatable bonds is 7. The lowest BCUT2D eigenvalue weighted by atomic mass is 10.1. The molecule has 6 nitrogen and oxygen atoms in total. The zero-order chi connectivity index (χ0) is 21.8. The van der Waals surface area contributed by atoms with Gasteiger partial charge in [0, 0.05) is 25.0 Å². The maximum absolute atomic E-state index is 13.5. The van der Waals surface area contributed by atoms with Crippen molar-refractivity contribution in [1.82, 2.24) is 9.78 Å². The van der Waals surface area contributed by atoms with Crippen LogP contribution in [0.15, 0.2) is 72.2 Å². The number of aromatic nitrogens is 2. The molecule has 4 aromatic rings. The summed E-state index contributed by atoms with van der Waals surface area (Å²) in [4.78, 5) is 16.0. The van der Waals surface area contributed by atoms with E-state index in [4.69, 9.17) is 14.6 Å². The fraction of sp³-hybridized carbons (Fsp3) is 0.167. The molecule has 7 heteroatoms. The Kier molecular flexibility index (Phi) is 6.04. The number of hydrogen-bond acceptors (Lipinski definition) is 5. The molecule has 0 atom stereocenters. The van der Waals surface area contributed by atoms with Gasteiger partial charge in [0.2, 0.25) is 0 Å². The number of carbonyl (C=O) groups excluding carboxylic acids is 1. The smallest absolute Gasteiger partial charge is 0.261 e. The van der Waals surface area contributed by atoms with Crippen LogP contribution in [0.25, 0.3) is 10.6 Å². The molecule has 0 aliphatic heterocycles. The maximum Gasteiger partial charge on any atom is 0.261 e. The first kappa shape index (κ1) is 20.7. The first-order chi connectivity index (χ1) is 15.1. The number of nitrogens with zero attached hydrogens (tertiary/aromatic N) is 3. The van der Waals surface area contributed by atoms with E-state index in [1.807, 2.05) is 64.8 Å². The molecule has 0 spiro atoms. The molecule has 2 aromatic carbocycles. The Morgan fingerprint density at radius 1 is 1.03 bits per heavy atom. The van der Waals surface area contributed by atoms with Crippen LogP contribution in [-0.2, 0) is 6.54 Å². The van der Waals surface area contributed by atoms with E-state index in [1.165, 1.54) is 0 Å². The van der Waals surface area contributed by atoms with Crippen LogP contribution in [-0.4, -0.2) is 37.0 Å². The number of thiophene rings is 1. The van der Waals surface area contributed by atoms with E-state index in [9.17, 15) is 4.79 Å². The third-order valence-corrected chi connectivity index (χ3v) is 5.87. The molecule has 0 radical (unpaired) electrons. The van der Waals surface area contributed by atoms with Crippen LogP contribution in [0.4, 0.5) is 5.69 Å². The number of benzene rings is 2. The minimum Gasteiger partial charge on any atom is -0.493 e. The molecule has 2 aromatic heterocycles. The van der Waals surface area contributed by atoms with Gasteiger partial charge < -0.3 is 14.4 Å². The summed E-state index contributed by atoms with van der Waals surface area (Å²) < 4.78 is 12.5. The van der Waals surface area contributed by atoms with Crippen molar-refractivity contribution < 1.29 is 14.3 Å². The summed E-state index contributed by atoms with van der Waals surface area (Å²) in [6.45, 7) is 0.590. The molecule has 0 fully saturated rings. The summed E-state index contributed by atoms with van der Waals surface area (Å²) >= 11 is 1.56. The highest BCUT2D eigenvalue weighted by atomic mass is 32.1. The van der Waals surface area contributed by atoms with Gasteiger partial charge in [-0.1, -0.05) is 36.4 Å². The fourth-order valence-electron chi connectivity index (χ4n) is 3.36. The van der Waals surface area contributed by atoms with Crippen LogP contribution < -0.4 is 14.4 Å². The normalized spacial score (nSPS) is 10.7. The monoisotopic (exact) mass is 433 g/mol. The summed E-state index contributed by atoms with van der Waals surface area (Å²) in [5.74, 6) is 1.04. The first-order valence-corrected chi connectivity index (χ1v) is 10.6. The third kappa shape index (κ3) is 4.32. The van der Waals surface area contributed by atoms with Gasteiger partial charge in [-0.25, -0.2) is 0 Å². The van der Waals surface area contributed by atoms with Gasteiger partial charge in [-0.2, -0.15) is 5.10 Å². The Hall–Kier alpha value is -3.58. The first-order valence-electron chi connectivity index (χ1n) is 9.76. The van der Waals surface area contributed by atoms with E-state index in [1.54, 1.807) is 49.6 Å². The maximum atomic E-state index is 13.5. The number of hydrogen-bond donors (Lipinski definition) is 0. The molecular formula is C24H23N3O3S.